The molecule has 2 amide bonds. The van der Waals surface area contributed by atoms with Crippen LogP contribution < -0.4 is 4.72 Å². The molecule has 8 nitrogen and oxygen atoms in total. The number of fused-ring (bicyclic) bond motifs is 1. The molecule has 0 saturated heterocycles. The van der Waals surface area contributed by atoms with Gasteiger partial charge in [-0.05, 0) is 55.7 Å². The number of carbonyl (C=O) groups is 2. The second-order valence-electron chi connectivity index (χ2n) is 9.12. The van der Waals surface area contributed by atoms with Gasteiger partial charge >= 0.3 is 0 Å². The minimum absolute atomic E-state index is 0.0986. The Hall–Kier alpha value is -3.43. The van der Waals surface area contributed by atoms with Crippen molar-refractivity contribution < 1.29 is 18.0 Å². The molecule has 1 aromatic heterocycles. The molecule has 0 spiro atoms. The molecule has 0 aliphatic carbocycles. The predicted molar refractivity (Wildman–Crippen MR) is 136 cm³/mol. The highest BCUT2D eigenvalue weighted by Crippen LogP contribution is 2.26. The van der Waals surface area contributed by atoms with Gasteiger partial charge in [0.05, 0.1) is 10.9 Å². The fraction of sp³-hybridized carbons (Fsp3) is 0.308. The van der Waals surface area contributed by atoms with E-state index in [9.17, 15) is 18.0 Å². The van der Waals surface area contributed by atoms with Crippen LogP contribution in [0.3, 0.4) is 0 Å². The Balaban J connectivity index is 1.47. The molecule has 0 saturated carbocycles. The Morgan fingerprint density at radius 1 is 1.09 bits per heavy atom. The standard InChI is InChI=1S/C26H30N4O4S/c1-17-7-11-22(12-8-17)35(33,34)28-18(2)25(31)30-13-5-6-21(16-30)19-9-10-20-15-24(26(32)29(3)4)27-23(20)14-19/h6-12,14-15,18,27-28H,5,13,16H2,1-4H3/t18-/m0/s1. The molecule has 1 aliphatic heterocycles. The van der Waals surface area contributed by atoms with E-state index in [0.29, 0.717) is 25.2 Å². The van der Waals surface area contributed by atoms with Gasteiger partial charge in [0.1, 0.15) is 5.69 Å². The molecular formula is C26H30N4O4S. The molecule has 9 heteroatoms. The average Bonchev–Trinajstić information content (AvgIpc) is 3.26. The highest BCUT2D eigenvalue weighted by atomic mass is 32.2. The molecule has 0 radical (unpaired) electrons. The molecule has 3 aromatic rings. The lowest BCUT2D eigenvalue weighted by molar-refractivity contribution is -0.132. The van der Waals surface area contributed by atoms with Crippen LogP contribution in [0, 0.1) is 6.92 Å². The summed E-state index contributed by atoms with van der Waals surface area (Å²) < 4.78 is 28.0. The van der Waals surface area contributed by atoms with E-state index in [1.54, 1.807) is 38.1 Å². The number of rotatable bonds is 6. The highest BCUT2D eigenvalue weighted by Gasteiger charge is 2.27. The van der Waals surface area contributed by atoms with Crippen molar-refractivity contribution >= 4 is 38.3 Å². The van der Waals surface area contributed by atoms with E-state index in [1.807, 2.05) is 31.2 Å². The van der Waals surface area contributed by atoms with Crippen LogP contribution in [0.5, 0.6) is 0 Å². The third kappa shape index (κ3) is 5.31. The van der Waals surface area contributed by atoms with Crippen molar-refractivity contribution in [1.29, 1.82) is 0 Å². The number of aromatic nitrogens is 1. The van der Waals surface area contributed by atoms with Gasteiger partial charge in [-0.1, -0.05) is 35.9 Å². The van der Waals surface area contributed by atoms with Gasteiger partial charge in [-0.15, -0.1) is 0 Å². The molecule has 35 heavy (non-hydrogen) atoms. The van der Waals surface area contributed by atoms with Gasteiger partial charge in [0, 0.05) is 38.1 Å². The van der Waals surface area contributed by atoms with Crippen LogP contribution in [-0.2, 0) is 14.8 Å². The largest absolute Gasteiger partial charge is 0.351 e. The van der Waals surface area contributed by atoms with Crippen molar-refractivity contribution in [2.45, 2.75) is 31.2 Å². The zero-order valence-electron chi connectivity index (χ0n) is 20.3. The van der Waals surface area contributed by atoms with E-state index >= 15 is 0 Å². The molecule has 2 N–H and O–H groups in total. The minimum Gasteiger partial charge on any atom is -0.351 e. The Morgan fingerprint density at radius 3 is 2.49 bits per heavy atom. The summed E-state index contributed by atoms with van der Waals surface area (Å²) in [5.41, 5.74) is 4.25. The van der Waals surface area contributed by atoms with Crippen LogP contribution in [0.25, 0.3) is 16.5 Å². The zero-order chi connectivity index (χ0) is 25.3. The summed E-state index contributed by atoms with van der Waals surface area (Å²) in [5, 5.41) is 0.933. The number of hydrogen-bond acceptors (Lipinski definition) is 4. The molecule has 1 atom stereocenters. The van der Waals surface area contributed by atoms with E-state index < -0.39 is 16.1 Å². The molecule has 2 heterocycles. The predicted octanol–water partition coefficient (Wildman–Crippen LogP) is 3.16. The summed E-state index contributed by atoms with van der Waals surface area (Å²) in [7, 11) is -0.392. The van der Waals surface area contributed by atoms with Gasteiger partial charge in [0.2, 0.25) is 15.9 Å². The molecule has 1 aliphatic rings. The Bertz CT molecular complexity index is 1400. The molecule has 2 aromatic carbocycles. The van der Waals surface area contributed by atoms with Crippen molar-refractivity contribution in [3.8, 4) is 0 Å². The fourth-order valence-electron chi connectivity index (χ4n) is 4.17. The van der Waals surface area contributed by atoms with E-state index in [1.165, 1.54) is 17.0 Å². The Morgan fingerprint density at radius 2 is 1.80 bits per heavy atom. The number of carbonyl (C=O) groups excluding carboxylic acids is 2. The Kier molecular flexibility index (Phi) is 6.82. The summed E-state index contributed by atoms with van der Waals surface area (Å²) >= 11 is 0. The fourth-order valence-corrected chi connectivity index (χ4v) is 5.36. The van der Waals surface area contributed by atoms with Crippen molar-refractivity contribution in [2.24, 2.45) is 0 Å². The lowest BCUT2D eigenvalue weighted by atomic mass is 9.99. The van der Waals surface area contributed by atoms with Crippen LogP contribution in [0.4, 0.5) is 0 Å². The van der Waals surface area contributed by atoms with Gasteiger partial charge in [0.25, 0.3) is 5.91 Å². The second kappa shape index (κ2) is 9.67. The molecule has 0 bridgehead atoms. The molecule has 4 rings (SSSR count). The van der Waals surface area contributed by atoms with E-state index in [-0.39, 0.29) is 16.7 Å². The molecule has 0 fully saturated rings. The quantitative estimate of drug-likeness (QED) is 0.549. The lowest BCUT2D eigenvalue weighted by Crippen LogP contribution is -2.48. The maximum absolute atomic E-state index is 13.1. The minimum atomic E-state index is -3.81. The third-order valence-electron chi connectivity index (χ3n) is 6.13. The normalized spacial score (nSPS) is 15.1. The first-order valence-electron chi connectivity index (χ1n) is 11.5. The number of benzene rings is 2. The lowest BCUT2D eigenvalue weighted by Gasteiger charge is -2.30. The number of sulfonamides is 1. The Labute approximate surface area is 205 Å². The number of aryl methyl sites for hydroxylation is 1. The highest BCUT2D eigenvalue weighted by molar-refractivity contribution is 7.89. The average molecular weight is 495 g/mol. The zero-order valence-corrected chi connectivity index (χ0v) is 21.1. The number of nitrogens with one attached hydrogen (secondary N) is 2. The molecule has 184 valence electrons. The summed E-state index contributed by atoms with van der Waals surface area (Å²) in [4.78, 5) is 31.9. The van der Waals surface area contributed by atoms with E-state index in [4.69, 9.17) is 0 Å². The smallest absolute Gasteiger partial charge is 0.269 e. The first-order chi connectivity index (χ1) is 16.5. The summed E-state index contributed by atoms with van der Waals surface area (Å²) in [5.74, 6) is -0.371. The molecular weight excluding hydrogens is 464 g/mol. The number of amides is 2. The van der Waals surface area contributed by atoms with Gasteiger partial charge in [-0.3, -0.25) is 9.59 Å². The summed E-state index contributed by atoms with van der Waals surface area (Å²) in [6, 6.07) is 13.4. The van der Waals surface area contributed by atoms with E-state index in [2.05, 4.69) is 15.8 Å². The number of H-pyrrole nitrogens is 1. The van der Waals surface area contributed by atoms with Crippen LogP contribution in [-0.4, -0.2) is 68.2 Å². The van der Waals surface area contributed by atoms with Crippen LogP contribution in [0.1, 0.15) is 35.0 Å². The SMILES string of the molecule is Cc1ccc(S(=O)(=O)N[C@@H](C)C(=O)N2CCC=C(c3ccc4cc(C(=O)N(C)C)[nH]c4c3)C2)cc1. The number of hydrogen-bond donors (Lipinski definition) is 2. The van der Waals surface area contributed by atoms with E-state index in [0.717, 1.165) is 27.6 Å². The van der Waals surface area contributed by atoms with Crippen LogP contribution in [0.2, 0.25) is 0 Å². The summed E-state index contributed by atoms with van der Waals surface area (Å²) in [6.45, 7) is 4.35. The topological polar surface area (TPSA) is 103 Å². The monoisotopic (exact) mass is 494 g/mol. The van der Waals surface area contributed by atoms with Crippen LogP contribution in [0.15, 0.2) is 59.5 Å². The number of nitrogens with zero attached hydrogens (tertiary/aromatic N) is 2. The summed E-state index contributed by atoms with van der Waals surface area (Å²) in [6.07, 6.45) is 2.77. The van der Waals surface area contributed by atoms with Crippen molar-refractivity contribution in [3.05, 3.63) is 71.4 Å². The van der Waals surface area contributed by atoms with Crippen molar-refractivity contribution in [3.63, 3.8) is 0 Å². The maximum atomic E-state index is 13.1. The first kappa shape index (κ1) is 24.7. The second-order valence-corrected chi connectivity index (χ2v) is 10.8. The van der Waals surface area contributed by atoms with Crippen molar-refractivity contribution in [1.82, 2.24) is 19.5 Å². The van der Waals surface area contributed by atoms with Gasteiger partial charge in [-0.25, -0.2) is 8.42 Å². The van der Waals surface area contributed by atoms with Crippen molar-refractivity contribution in [2.75, 3.05) is 27.2 Å². The third-order valence-corrected chi connectivity index (χ3v) is 7.68. The maximum Gasteiger partial charge on any atom is 0.269 e. The molecule has 0 unspecified atom stereocenters. The van der Waals surface area contributed by atoms with Gasteiger partial charge < -0.3 is 14.8 Å². The first-order valence-corrected chi connectivity index (χ1v) is 12.9. The van der Waals surface area contributed by atoms with Gasteiger partial charge in [-0.2, -0.15) is 4.72 Å². The number of aromatic amines is 1. The van der Waals surface area contributed by atoms with Gasteiger partial charge in [0.15, 0.2) is 0 Å². The van der Waals surface area contributed by atoms with Crippen LogP contribution >= 0.6 is 0 Å².